The Morgan fingerprint density at radius 2 is 2.05 bits per heavy atom. The summed E-state index contributed by atoms with van der Waals surface area (Å²) in [6, 6.07) is 8.21. The van der Waals surface area contributed by atoms with Crippen LogP contribution >= 0.6 is 0 Å². The minimum Gasteiger partial charge on any atom is -0.450 e. The molecule has 5 nitrogen and oxygen atoms in total. The Morgan fingerprint density at radius 1 is 1.23 bits per heavy atom. The molecule has 0 fully saturated rings. The number of benzene rings is 1. The maximum atomic E-state index is 12.2. The van der Waals surface area contributed by atoms with Crippen LogP contribution in [0.15, 0.2) is 51.9 Å². The topological polar surface area (TPSA) is 72.2 Å². The molecule has 0 atom stereocenters. The molecule has 110 valence electrons. The van der Waals surface area contributed by atoms with Gasteiger partial charge in [-0.2, -0.15) is 0 Å². The molecule has 0 aliphatic heterocycles. The Hall–Kier alpha value is -2.95. The Morgan fingerprint density at radius 3 is 2.77 bits per heavy atom. The first-order valence-corrected chi connectivity index (χ1v) is 6.81. The maximum absolute atomic E-state index is 12.2. The van der Waals surface area contributed by atoms with Gasteiger partial charge in [-0.15, -0.1) is 0 Å². The average Bonchev–Trinajstić information content (AvgIpc) is 2.52. The number of fused-ring (bicyclic) bond motifs is 1. The van der Waals surface area contributed by atoms with Gasteiger partial charge < -0.3 is 9.73 Å². The van der Waals surface area contributed by atoms with Crippen LogP contribution in [0.4, 0.5) is 5.69 Å². The van der Waals surface area contributed by atoms with Gasteiger partial charge in [0.25, 0.3) is 5.91 Å². The van der Waals surface area contributed by atoms with E-state index < -0.39 is 5.91 Å². The minimum atomic E-state index is -0.479. The summed E-state index contributed by atoms with van der Waals surface area (Å²) in [6.45, 7) is 3.79. The van der Waals surface area contributed by atoms with Crippen molar-refractivity contribution in [3.63, 3.8) is 0 Å². The average molecular weight is 294 g/mol. The highest BCUT2D eigenvalue weighted by molar-refractivity contribution is 6.03. The van der Waals surface area contributed by atoms with Crippen LogP contribution in [0.2, 0.25) is 0 Å². The van der Waals surface area contributed by atoms with E-state index >= 15 is 0 Å². The van der Waals surface area contributed by atoms with Gasteiger partial charge in [-0.3, -0.25) is 14.6 Å². The number of hydrogen-bond acceptors (Lipinski definition) is 4. The van der Waals surface area contributed by atoms with Crippen molar-refractivity contribution in [2.75, 3.05) is 5.32 Å². The van der Waals surface area contributed by atoms with Crippen molar-refractivity contribution in [2.45, 2.75) is 13.8 Å². The van der Waals surface area contributed by atoms with Gasteiger partial charge in [0.05, 0.1) is 17.3 Å². The molecule has 2 aromatic heterocycles. The van der Waals surface area contributed by atoms with Crippen molar-refractivity contribution in [3.05, 3.63) is 69.8 Å². The first-order valence-electron chi connectivity index (χ1n) is 6.81. The number of anilines is 1. The van der Waals surface area contributed by atoms with E-state index in [0.717, 1.165) is 11.1 Å². The minimum absolute atomic E-state index is 0.0185. The summed E-state index contributed by atoms with van der Waals surface area (Å²) in [7, 11) is 0. The number of aryl methyl sites for hydroxylation is 2. The smallest absolute Gasteiger partial charge is 0.291 e. The zero-order chi connectivity index (χ0) is 15.7. The predicted octanol–water partition coefficient (Wildman–Crippen LogP) is 3.06. The lowest BCUT2D eigenvalue weighted by molar-refractivity contribution is 0.0997. The summed E-state index contributed by atoms with van der Waals surface area (Å²) in [6.07, 6.45) is 3.13. The molecule has 22 heavy (non-hydrogen) atoms. The molecule has 0 unspecified atom stereocenters. The van der Waals surface area contributed by atoms with Crippen molar-refractivity contribution in [2.24, 2.45) is 0 Å². The van der Waals surface area contributed by atoms with Crippen molar-refractivity contribution >= 4 is 22.6 Å². The monoisotopic (exact) mass is 294 g/mol. The second-order valence-corrected chi connectivity index (χ2v) is 5.05. The van der Waals surface area contributed by atoms with Gasteiger partial charge in [-0.1, -0.05) is 6.07 Å². The summed E-state index contributed by atoms with van der Waals surface area (Å²) in [5.74, 6) is -0.497. The molecule has 0 aliphatic carbocycles. The summed E-state index contributed by atoms with van der Waals surface area (Å²) in [5.41, 5.74) is 2.60. The molecule has 1 N–H and O–H groups in total. The lowest BCUT2D eigenvalue weighted by atomic mass is 10.1. The van der Waals surface area contributed by atoms with E-state index in [-0.39, 0.29) is 11.2 Å². The fraction of sp³-hybridized carbons (Fsp3) is 0.118. The van der Waals surface area contributed by atoms with E-state index in [1.54, 1.807) is 24.4 Å². The van der Waals surface area contributed by atoms with Crippen molar-refractivity contribution in [3.8, 4) is 0 Å². The van der Waals surface area contributed by atoms with E-state index in [0.29, 0.717) is 16.7 Å². The number of nitrogens with zero attached hydrogens (tertiary/aromatic N) is 1. The van der Waals surface area contributed by atoms with Gasteiger partial charge in [0, 0.05) is 12.3 Å². The molecule has 1 aromatic carbocycles. The quantitative estimate of drug-likeness (QED) is 0.788. The van der Waals surface area contributed by atoms with Gasteiger partial charge >= 0.3 is 0 Å². The largest absolute Gasteiger partial charge is 0.450 e. The second-order valence-electron chi connectivity index (χ2n) is 5.05. The number of nitrogens with one attached hydrogen (secondary N) is 1. The lowest BCUT2D eigenvalue weighted by Crippen LogP contribution is -2.15. The first-order chi connectivity index (χ1) is 10.6. The van der Waals surface area contributed by atoms with Gasteiger partial charge in [-0.05, 0) is 43.2 Å². The second kappa shape index (κ2) is 5.44. The third-order valence-electron chi connectivity index (χ3n) is 3.56. The van der Waals surface area contributed by atoms with Crippen LogP contribution in [-0.4, -0.2) is 10.9 Å². The van der Waals surface area contributed by atoms with Crippen molar-refractivity contribution < 1.29 is 9.21 Å². The SMILES string of the molecule is Cc1ccc2c(=O)cc(C(=O)Nc3cccnc3)oc2c1C. The van der Waals surface area contributed by atoms with Gasteiger partial charge in [0.15, 0.2) is 11.2 Å². The zero-order valence-corrected chi connectivity index (χ0v) is 12.2. The van der Waals surface area contributed by atoms with Crippen LogP contribution in [0.1, 0.15) is 21.7 Å². The molecule has 0 bridgehead atoms. The highest BCUT2D eigenvalue weighted by Gasteiger charge is 2.14. The van der Waals surface area contributed by atoms with Crippen LogP contribution in [0, 0.1) is 13.8 Å². The van der Waals surface area contributed by atoms with E-state index in [1.807, 2.05) is 19.9 Å². The summed E-state index contributed by atoms with van der Waals surface area (Å²) >= 11 is 0. The standard InChI is InChI=1S/C17H14N2O3/c1-10-5-6-13-14(20)8-15(22-16(13)11(10)2)17(21)19-12-4-3-7-18-9-12/h3-9H,1-2H3,(H,19,21). The molecule has 3 aromatic rings. The van der Waals surface area contributed by atoms with Gasteiger partial charge in [-0.25, -0.2) is 0 Å². The highest BCUT2D eigenvalue weighted by atomic mass is 16.3. The Labute approximate surface area is 126 Å². The number of aromatic nitrogens is 1. The Bertz CT molecular complexity index is 914. The van der Waals surface area contributed by atoms with Crippen LogP contribution in [0.25, 0.3) is 11.0 Å². The predicted molar refractivity (Wildman–Crippen MR) is 84.1 cm³/mol. The lowest BCUT2D eigenvalue weighted by Gasteiger charge is -2.07. The molecule has 0 saturated heterocycles. The first kappa shape index (κ1) is 14.0. The third kappa shape index (κ3) is 2.48. The number of carbonyl (C=O) groups is 1. The van der Waals surface area contributed by atoms with Crippen molar-refractivity contribution in [1.82, 2.24) is 4.98 Å². The van der Waals surface area contributed by atoms with Crippen LogP contribution in [0.5, 0.6) is 0 Å². The van der Waals surface area contributed by atoms with E-state index in [9.17, 15) is 9.59 Å². The molecule has 0 radical (unpaired) electrons. The summed E-state index contributed by atoms with van der Waals surface area (Å²) < 4.78 is 5.66. The van der Waals surface area contributed by atoms with Crippen LogP contribution < -0.4 is 10.7 Å². The number of rotatable bonds is 2. The molecular formula is C17H14N2O3. The zero-order valence-electron chi connectivity index (χ0n) is 12.2. The molecule has 3 rings (SSSR count). The number of pyridine rings is 1. The third-order valence-corrected chi connectivity index (χ3v) is 3.56. The Balaban J connectivity index is 2.06. The van der Waals surface area contributed by atoms with Gasteiger partial charge in [0.1, 0.15) is 5.58 Å². The summed E-state index contributed by atoms with van der Waals surface area (Å²) in [5, 5.41) is 3.12. The summed E-state index contributed by atoms with van der Waals surface area (Å²) in [4.78, 5) is 28.3. The number of carbonyl (C=O) groups excluding carboxylic acids is 1. The van der Waals surface area contributed by atoms with E-state index in [4.69, 9.17) is 4.42 Å². The molecule has 0 spiro atoms. The van der Waals surface area contributed by atoms with Crippen LogP contribution in [-0.2, 0) is 0 Å². The molecule has 5 heteroatoms. The molecule has 0 saturated carbocycles. The highest BCUT2D eigenvalue weighted by Crippen LogP contribution is 2.20. The molecular weight excluding hydrogens is 280 g/mol. The molecule has 1 amide bonds. The van der Waals surface area contributed by atoms with E-state index in [2.05, 4.69) is 10.3 Å². The maximum Gasteiger partial charge on any atom is 0.291 e. The molecule has 2 heterocycles. The van der Waals surface area contributed by atoms with Gasteiger partial charge in [0.2, 0.25) is 0 Å². The van der Waals surface area contributed by atoms with Crippen molar-refractivity contribution in [1.29, 1.82) is 0 Å². The Kier molecular flexibility index (Phi) is 3.47. The fourth-order valence-corrected chi connectivity index (χ4v) is 2.19. The molecule has 0 aliphatic rings. The fourth-order valence-electron chi connectivity index (χ4n) is 2.19. The number of amides is 1. The number of hydrogen-bond donors (Lipinski definition) is 1. The van der Waals surface area contributed by atoms with E-state index in [1.165, 1.54) is 12.3 Å². The normalized spacial score (nSPS) is 10.6. The van der Waals surface area contributed by atoms with Crippen LogP contribution in [0.3, 0.4) is 0 Å².